The smallest absolute Gasteiger partial charge is 0.265 e. The fraction of sp³-hybridized carbons (Fsp3) is 0.286. The summed E-state index contributed by atoms with van der Waals surface area (Å²) in [5, 5.41) is 1.76. The van der Waals surface area contributed by atoms with Gasteiger partial charge in [-0.15, -0.1) is 0 Å². The van der Waals surface area contributed by atoms with Crippen molar-refractivity contribution in [2.75, 3.05) is 18.6 Å². The lowest BCUT2D eigenvalue weighted by atomic mass is 9.90. The average molecular weight is 430 g/mol. The van der Waals surface area contributed by atoms with Gasteiger partial charge in [-0.2, -0.15) is 5.06 Å². The summed E-state index contributed by atoms with van der Waals surface area (Å²) in [5.74, 6) is -1.84. The zero-order valence-electron chi connectivity index (χ0n) is 16.4. The molecule has 9 heteroatoms. The van der Waals surface area contributed by atoms with Crippen LogP contribution in [0.4, 0.5) is 5.69 Å². The predicted octanol–water partition coefficient (Wildman–Crippen LogP) is 1.99. The summed E-state index contributed by atoms with van der Waals surface area (Å²) >= 11 is 6.19. The minimum atomic E-state index is -1.06. The van der Waals surface area contributed by atoms with Gasteiger partial charge in [0.2, 0.25) is 11.8 Å². The number of halogens is 1. The van der Waals surface area contributed by atoms with Crippen LogP contribution in [0.3, 0.4) is 0 Å². The van der Waals surface area contributed by atoms with Crippen molar-refractivity contribution in [3.05, 3.63) is 58.6 Å². The second-order valence-electron chi connectivity index (χ2n) is 7.26. The number of anilines is 1. The Morgan fingerprint density at radius 1 is 1.20 bits per heavy atom. The fourth-order valence-corrected chi connectivity index (χ4v) is 4.11. The van der Waals surface area contributed by atoms with Crippen molar-refractivity contribution in [3.63, 3.8) is 0 Å². The van der Waals surface area contributed by atoms with E-state index in [1.807, 2.05) is 6.92 Å². The number of hydrogen-bond donors (Lipinski definition) is 1. The molecule has 4 rings (SSSR count). The van der Waals surface area contributed by atoms with E-state index < -0.39 is 35.8 Å². The highest BCUT2D eigenvalue weighted by atomic mass is 35.5. The van der Waals surface area contributed by atoms with Crippen LogP contribution >= 0.6 is 11.6 Å². The van der Waals surface area contributed by atoms with Crippen molar-refractivity contribution in [1.29, 1.82) is 0 Å². The van der Waals surface area contributed by atoms with Crippen molar-refractivity contribution < 1.29 is 24.0 Å². The molecule has 0 saturated carbocycles. The number of aryl methyl sites for hydroxylation is 1. The van der Waals surface area contributed by atoms with Crippen LogP contribution in [0.2, 0.25) is 5.02 Å². The van der Waals surface area contributed by atoms with Crippen LogP contribution in [-0.2, 0) is 19.2 Å². The maximum Gasteiger partial charge on any atom is 0.265 e. The molecular weight excluding hydrogens is 410 g/mol. The number of benzene rings is 2. The molecule has 156 valence electrons. The second-order valence-corrected chi connectivity index (χ2v) is 7.67. The maximum atomic E-state index is 13.4. The largest absolute Gasteiger partial charge is 0.497 e. The van der Waals surface area contributed by atoms with E-state index in [9.17, 15) is 14.4 Å². The van der Waals surface area contributed by atoms with E-state index in [1.165, 1.54) is 12.2 Å². The molecule has 30 heavy (non-hydrogen) atoms. The van der Waals surface area contributed by atoms with E-state index in [0.29, 0.717) is 22.0 Å². The molecule has 0 spiro atoms. The average Bonchev–Trinajstić information content (AvgIpc) is 3.19. The Morgan fingerprint density at radius 3 is 2.63 bits per heavy atom. The molecule has 0 aliphatic carbocycles. The molecule has 2 heterocycles. The highest BCUT2D eigenvalue weighted by Crippen LogP contribution is 2.46. The monoisotopic (exact) mass is 429 g/mol. The number of methoxy groups -OCH3 is 1. The quantitative estimate of drug-likeness (QED) is 0.729. The topological polar surface area (TPSA) is 102 Å². The number of hydroxylamine groups is 2. The number of hydrogen-bond acceptors (Lipinski definition) is 6. The van der Waals surface area contributed by atoms with Crippen LogP contribution in [0.25, 0.3) is 0 Å². The molecule has 2 fully saturated rings. The van der Waals surface area contributed by atoms with E-state index in [1.54, 1.807) is 42.5 Å². The number of nitrogens with two attached hydrogens (primary N) is 1. The fourth-order valence-electron chi connectivity index (χ4n) is 3.93. The van der Waals surface area contributed by atoms with Gasteiger partial charge in [0.1, 0.15) is 12.3 Å². The molecule has 2 saturated heterocycles. The van der Waals surface area contributed by atoms with Gasteiger partial charge < -0.3 is 10.5 Å². The van der Waals surface area contributed by atoms with Gasteiger partial charge in [0, 0.05) is 5.02 Å². The molecular formula is C21H20ClN3O5. The van der Waals surface area contributed by atoms with Crippen LogP contribution < -0.4 is 15.4 Å². The lowest BCUT2D eigenvalue weighted by Gasteiger charge is -2.26. The summed E-state index contributed by atoms with van der Waals surface area (Å²) in [7, 11) is 1.53. The zero-order chi connectivity index (χ0) is 21.6. The van der Waals surface area contributed by atoms with E-state index in [0.717, 1.165) is 10.5 Å². The number of carbonyl (C=O) groups is 3. The molecule has 3 atom stereocenters. The van der Waals surface area contributed by atoms with Crippen LogP contribution in [0.5, 0.6) is 5.75 Å². The van der Waals surface area contributed by atoms with Gasteiger partial charge >= 0.3 is 0 Å². The normalized spacial score (nSPS) is 23.7. The number of rotatable bonds is 5. The molecule has 2 N–H and O–H groups in total. The Kier molecular flexibility index (Phi) is 5.23. The summed E-state index contributed by atoms with van der Waals surface area (Å²) < 4.78 is 5.28. The molecule has 2 aromatic carbocycles. The van der Waals surface area contributed by atoms with E-state index in [4.69, 9.17) is 26.9 Å². The Labute approximate surface area is 178 Å². The van der Waals surface area contributed by atoms with E-state index >= 15 is 0 Å². The lowest BCUT2D eigenvalue weighted by Crippen LogP contribution is -2.40. The first-order chi connectivity index (χ1) is 14.3. The summed E-state index contributed by atoms with van der Waals surface area (Å²) in [6.45, 7) is 1.57. The molecule has 0 radical (unpaired) electrons. The number of ether oxygens (including phenoxy) is 1. The van der Waals surface area contributed by atoms with Gasteiger partial charge in [-0.05, 0) is 42.3 Å². The summed E-state index contributed by atoms with van der Waals surface area (Å²) in [5.41, 5.74) is 7.24. The van der Waals surface area contributed by atoms with Crippen molar-refractivity contribution in [2.45, 2.75) is 19.1 Å². The summed E-state index contributed by atoms with van der Waals surface area (Å²) in [6, 6.07) is 11.4. The highest BCUT2D eigenvalue weighted by molar-refractivity contribution is 6.32. The first-order valence-electron chi connectivity index (χ1n) is 9.31. The van der Waals surface area contributed by atoms with Crippen molar-refractivity contribution in [1.82, 2.24) is 5.06 Å². The third-order valence-corrected chi connectivity index (χ3v) is 5.76. The highest BCUT2D eigenvalue weighted by Gasteiger charge is 2.60. The zero-order valence-corrected chi connectivity index (χ0v) is 17.1. The minimum absolute atomic E-state index is 0.258. The number of carbonyl (C=O) groups excluding carboxylic acids is 3. The Hall–Kier alpha value is -2.94. The summed E-state index contributed by atoms with van der Waals surface area (Å²) in [6.07, 6.45) is -1.06. The van der Waals surface area contributed by atoms with Gasteiger partial charge in [0.05, 0.1) is 24.8 Å². The number of primary amides is 1. The Morgan fingerprint density at radius 2 is 1.97 bits per heavy atom. The molecule has 2 aliphatic rings. The van der Waals surface area contributed by atoms with Crippen LogP contribution in [0, 0.1) is 12.8 Å². The van der Waals surface area contributed by atoms with E-state index in [-0.39, 0.29) is 6.54 Å². The van der Waals surface area contributed by atoms with Crippen LogP contribution in [0.1, 0.15) is 17.2 Å². The number of amides is 3. The van der Waals surface area contributed by atoms with Gasteiger partial charge in [-0.3, -0.25) is 19.2 Å². The predicted molar refractivity (Wildman–Crippen MR) is 109 cm³/mol. The van der Waals surface area contributed by atoms with Gasteiger partial charge in [0.15, 0.2) is 6.10 Å². The third-order valence-electron chi connectivity index (χ3n) is 5.36. The first-order valence-corrected chi connectivity index (χ1v) is 9.69. The van der Waals surface area contributed by atoms with Crippen molar-refractivity contribution >= 4 is 35.0 Å². The number of imide groups is 1. The molecule has 8 nitrogen and oxygen atoms in total. The SMILES string of the molecule is COc1cccc(C2C3C(=O)N(c4ccc(C)c(Cl)c4)C(=O)C3ON2CC(N)=O)c1. The van der Waals surface area contributed by atoms with Crippen molar-refractivity contribution in [3.8, 4) is 5.75 Å². The lowest BCUT2D eigenvalue weighted by molar-refractivity contribution is -0.175. The Bertz CT molecular complexity index is 1040. The molecule has 3 unspecified atom stereocenters. The standard InChI is InChI=1S/C21H20ClN3O5/c1-11-6-7-13(9-15(11)22)25-20(27)17-18(12-4-3-5-14(8-12)29-2)24(10-16(23)26)30-19(17)21(25)28/h3-9,17-19H,10H2,1-2H3,(H2,23,26). The Balaban J connectivity index is 1.75. The van der Waals surface area contributed by atoms with Gasteiger partial charge in [-0.1, -0.05) is 29.8 Å². The van der Waals surface area contributed by atoms with Crippen LogP contribution in [-0.4, -0.2) is 42.5 Å². The molecule has 3 amide bonds. The number of fused-ring (bicyclic) bond motifs is 1. The molecule has 0 bridgehead atoms. The van der Waals surface area contributed by atoms with Crippen molar-refractivity contribution in [2.24, 2.45) is 11.7 Å². The molecule has 2 aromatic rings. The van der Waals surface area contributed by atoms with Crippen LogP contribution in [0.15, 0.2) is 42.5 Å². The number of nitrogens with zero attached hydrogens (tertiary/aromatic N) is 2. The minimum Gasteiger partial charge on any atom is -0.497 e. The maximum absolute atomic E-state index is 13.4. The summed E-state index contributed by atoms with van der Waals surface area (Å²) in [4.78, 5) is 44.9. The first kappa shape index (κ1) is 20.3. The van der Waals surface area contributed by atoms with E-state index in [2.05, 4.69) is 0 Å². The molecule has 0 aromatic heterocycles. The molecule has 2 aliphatic heterocycles. The van der Waals surface area contributed by atoms with Gasteiger partial charge in [0.25, 0.3) is 5.91 Å². The second kappa shape index (κ2) is 7.71. The third kappa shape index (κ3) is 3.32. The van der Waals surface area contributed by atoms with Gasteiger partial charge in [-0.25, -0.2) is 4.90 Å².